The lowest BCUT2D eigenvalue weighted by Crippen LogP contribution is -2.26. The van der Waals surface area contributed by atoms with Gasteiger partial charge in [0.25, 0.3) is 5.91 Å². The Balaban J connectivity index is 1.91. The van der Waals surface area contributed by atoms with E-state index in [4.69, 9.17) is 4.74 Å². The smallest absolute Gasteiger partial charge is 0.254 e. The fourth-order valence-electron chi connectivity index (χ4n) is 2.97. The summed E-state index contributed by atoms with van der Waals surface area (Å²) in [5.41, 5.74) is 3.72. The van der Waals surface area contributed by atoms with Gasteiger partial charge in [0.05, 0.1) is 5.56 Å². The van der Waals surface area contributed by atoms with Gasteiger partial charge in [-0.15, -0.1) is 11.3 Å². The third-order valence-electron chi connectivity index (χ3n) is 4.31. The number of nitrogens with zero attached hydrogens (tertiary/aromatic N) is 1. The number of carbonyl (C=O) groups is 1. The molecule has 1 fully saturated rings. The first kappa shape index (κ1) is 16.7. The zero-order valence-corrected chi connectivity index (χ0v) is 14.7. The summed E-state index contributed by atoms with van der Waals surface area (Å²) < 4.78 is 5.42. The minimum atomic E-state index is -0.397. The molecule has 0 aliphatic carbocycles. The molecule has 0 spiro atoms. The lowest BCUT2D eigenvalue weighted by Gasteiger charge is -2.09. The van der Waals surface area contributed by atoms with Crippen LogP contribution in [-0.4, -0.2) is 18.6 Å². The van der Waals surface area contributed by atoms with Crippen molar-refractivity contribution in [2.45, 2.75) is 39.2 Å². The van der Waals surface area contributed by atoms with Crippen LogP contribution in [0.15, 0.2) is 24.3 Å². The van der Waals surface area contributed by atoms with Gasteiger partial charge in [-0.05, 0) is 37.3 Å². The summed E-state index contributed by atoms with van der Waals surface area (Å²) in [5.74, 6) is -0.155. The van der Waals surface area contributed by atoms with Crippen LogP contribution in [0, 0.1) is 18.3 Å². The molecular formula is C19H20N2O2S. The highest BCUT2D eigenvalue weighted by Gasteiger charge is 2.26. The van der Waals surface area contributed by atoms with Gasteiger partial charge in [0.1, 0.15) is 17.2 Å². The number of benzene rings is 1. The Kier molecular flexibility index (Phi) is 4.98. The van der Waals surface area contributed by atoms with Gasteiger partial charge in [-0.25, -0.2) is 0 Å². The Labute approximate surface area is 146 Å². The number of hydrogen-bond donors (Lipinski definition) is 1. The summed E-state index contributed by atoms with van der Waals surface area (Å²) in [6.07, 6.45) is 2.23. The Bertz CT molecular complexity index is 781. The van der Waals surface area contributed by atoms with Crippen LogP contribution in [0.4, 0.5) is 5.00 Å². The summed E-state index contributed by atoms with van der Waals surface area (Å²) in [4.78, 5) is 13.3. The molecule has 0 saturated carbocycles. The molecule has 1 aromatic carbocycles. The van der Waals surface area contributed by atoms with E-state index in [1.165, 1.54) is 16.9 Å². The van der Waals surface area contributed by atoms with Gasteiger partial charge in [0, 0.05) is 17.0 Å². The van der Waals surface area contributed by atoms with Crippen molar-refractivity contribution in [2.75, 3.05) is 11.9 Å². The second-order valence-corrected chi connectivity index (χ2v) is 7.12. The summed E-state index contributed by atoms with van der Waals surface area (Å²) in [7, 11) is 0. The van der Waals surface area contributed by atoms with Crippen molar-refractivity contribution in [1.82, 2.24) is 0 Å². The van der Waals surface area contributed by atoms with Crippen LogP contribution in [0.2, 0.25) is 0 Å². The highest BCUT2D eigenvalue weighted by molar-refractivity contribution is 7.17. The third-order valence-corrected chi connectivity index (χ3v) is 5.33. The Morgan fingerprint density at radius 3 is 2.75 bits per heavy atom. The normalized spacial score (nSPS) is 16.8. The van der Waals surface area contributed by atoms with Gasteiger partial charge in [-0.2, -0.15) is 5.26 Å². The number of nitrogens with one attached hydrogen (secondary N) is 1. The average molecular weight is 340 g/mol. The summed E-state index contributed by atoms with van der Waals surface area (Å²) in [6.45, 7) is 4.72. The zero-order valence-electron chi connectivity index (χ0n) is 13.9. The number of anilines is 1. The molecule has 1 saturated heterocycles. The van der Waals surface area contributed by atoms with Crippen LogP contribution in [0.1, 0.15) is 35.8 Å². The number of hydrogen-bond acceptors (Lipinski definition) is 4. The average Bonchev–Trinajstić information content (AvgIpc) is 3.23. The first-order valence-corrected chi connectivity index (χ1v) is 9.01. The van der Waals surface area contributed by atoms with E-state index in [1.807, 2.05) is 19.1 Å². The second kappa shape index (κ2) is 7.16. The molecule has 2 aromatic rings. The van der Waals surface area contributed by atoms with Crippen LogP contribution in [0.25, 0.3) is 11.1 Å². The highest BCUT2D eigenvalue weighted by Crippen LogP contribution is 2.39. The number of nitriles is 1. The molecule has 1 N–H and O–H groups in total. The van der Waals surface area contributed by atoms with Crippen molar-refractivity contribution in [3.63, 3.8) is 0 Å². The topological polar surface area (TPSA) is 62.1 Å². The number of rotatable bonds is 4. The Hall–Kier alpha value is -2.16. The minimum absolute atomic E-state index is 0.155. The number of aryl methyl sites for hydroxylation is 2. The maximum Gasteiger partial charge on any atom is 0.254 e. The van der Waals surface area contributed by atoms with Crippen LogP contribution in [0.5, 0.6) is 0 Å². The quantitative estimate of drug-likeness (QED) is 0.904. The molecule has 1 atom stereocenters. The molecular weight excluding hydrogens is 320 g/mol. The molecule has 124 valence electrons. The van der Waals surface area contributed by atoms with Crippen molar-refractivity contribution < 1.29 is 9.53 Å². The third kappa shape index (κ3) is 3.21. The van der Waals surface area contributed by atoms with Gasteiger partial charge < -0.3 is 10.1 Å². The number of carbonyl (C=O) groups excluding carboxylic acids is 1. The first-order chi connectivity index (χ1) is 11.6. The summed E-state index contributed by atoms with van der Waals surface area (Å²) in [5, 5.41) is 13.1. The molecule has 24 heavy (non-hydrogen) atoms. The van der Waals surface area contributed by atoms with E-state index in [2.05, 4.69) is 30.4 Å². The van der Waals surface area contributed by atoms with E-state index in [9.17, 15) is 10.1 Å². The predicted octanol–water partition coefficient (Wildman–Crippen LogP) is 4.28. The fraction of sp³-hybridized carbons (Fsp3) is 0.368. The molecule has 3 rings (SSSR count). The maximum absolute atomic E-state index is 12.3. The van der Waals surface area contributed by atoms with Crippen LogP contribution in [0.3, 0.4) is 0 Å². The predicted molar refractivity (Wildman–Crippen MR) is 96.2 cm³/mol. The van der Waals surface area contributed by atoms with Crippen molar-refractivity contribution in [3.8, 4) is 17.2 Å². The van der Waals surface area contributed by atoms with Gasteiger partial charge in [-0.3, -0.25) is 4.79 Å². The van der Waals surface area contributed by atoms with Crippen molar-refractivity contribution in [3.05, 3.63) is 40.3 Å². The number of ether oxygens (including phenoxy) is 1. The molecule has 2 heterocycles. The van der Waals surface area contributed by atoms with Gasteiger partial charge in [0.15, 0.2) is 0 Å². The summed E-state index contributed by atoms with van der Waals surface area (Å²) in [6, 6.07) is 10.5. The van der Waals surface area contributed by atoms with Crippen LogP contribution >= 0.6 is 11.3 Å². The van der Waals surface area contributed by atoms with Gasteiger partial charge >= 0.3 is 0 Å². The molecule has 1 unspecified atom stereocenters. The van der Waals surface area contributed by atoms with E-state index in [0.29, 0.717) is 17.2 Å². The molecule has 5 heteroatoms. The monoisotopic (exact) mass is 340 g/mol. The van der Waals surface area contributed by atoms with Crippen molar-refractivity contribution >= 4 is 22.2 Å². The molecule has 1 aromatic heterocycles. The van der Waals surface area contributed by atoms with E-state index < -0.39 is 6.10 Å². The zero-order chi connectivity index (χ0) is 17.1. The largest absolute Gasteiger partial charge is 0.368 e. The van der Waals surface area contributed by atoms with E-state index in [0.717, 1.165) is 35.3 Å². The number of thiophene rings is 1. The molecule has 4 nitrogen and oxygen atoms in total. The van der Waals surface area contributed by atoms with E-state index >= 15 is 0 Å². The standard InChI is InChI=1S/C19H20N2O2S/c1-3-13-6-8-14(9-7-13)17-12(2)24-19(15(17)11-20)21-18(22)16-5-4-10-23-16/h6-9,16H,3-5,10H2,1-2H3,(H,21,22). The molecule has 1 aliphatic heterocycles. The van der Waals surface area contributed by atoms with Crippen LogP contribution < -0.4 is 5.32 Å². The lowest BCUT2D eigenvalue weighted by molar-refractivity contribution is -0.124. The molecule has 1 amide bonds. The first-order valence-electron chi connectivity index (χ1n) is 8.19. The van der Waals surface area contributed by atoms with E-state index in [-0.39, 0.29) is 5.91 Å². The molecule has 0 bridgehead atoms. The van der Waals surface area contributed by atoms with E-state index in [1.54, 1.807) is 0 Å². The Morgan fingerprint density at radius 1 is 1.42 bits per heavy atom. The molecule has 0 radical (unpaired) electrons. The van der Waals surface area contributed by atoms with Crippen molar-refractivity contribution in [1.29, 1.82) is 5.26 Å². The lowest BCUT2D eigenvalue weighted by atomic mass is 10.00. The molecule has 1 aliphatic rings. The van der Waals surface area contributed by atoms with Crippen LogP contribution in [-0.2, 0) is 16.0 Å². The highest BCUT2D eigenvalue weighted by atomic mass is 32.1. The van der Waals surface area contributed by atoms with Gasteiger partial charge in [0.2, 0.25) is 0 Å². The van der Waals surface area contributed by atoms with Crippen molar-refractivity contribution in [2.24, 2.45) is 0 Å². The van der Waals surface area contributed by atoms with Gasteiger partial charge in [-0.1, -0.05) is 31.2 Å². The second-order valence-electron chi connectivity index (χ2n) is 5.89. The SMILES string of the molecule is CCc1ccc(-c2c(C)sc(NC(=O)C3CCCO3)c2C#N)cc1. The fourth-order valence-corrected chi connectivity index (χ4v) is 4.00. The summed E-state index contributed by atoms with van der Waals surface area (Å²) >= 11 is 1.45. The number of amides is 1. The maximum atomic E-state index is 12.3. The minimum Gasteiger partial charge on any atom is -0.368 e. The Morgan fingerprint density at radius 2 is 2.17 bits per heavy atom.